The van der Waals surface area contributed by atoms with E-state index in [-0.39, 0.29) is 11.7 Å². The molecule has 1 fully saturated rings. The summed E-state index contributed by atoms with van der Waals surface area (Å²) in [4.78, 5) is 10.8. The molecule has 1 unspecified atom stereocenters. The number of hydrogen-bond acceptors (Lipinski definition) is 2. The third-order valence-electron chi connectivity index (χ3n) is 1.54. The van der Waals surface area contributed by atoms with Crippen LogP contribution in [-0.2, 0) is 4.79 Å². The van der Waals surface area contributed by atoms with Gasteiger partial charge in [-0.1, -0.05) is 25.4 Å². The maximum absolute atomic E-state index is 10.8. The lowest BCUT2D eigenvalue weighted by Gasteiger charge is -2.36. The summed E-state index contributed by atoms with van der Waals surface area (Å²) in [6.07, 6.45) is 0. The highest BCUT2D eigenvalue weighted by Crippen LogP contribution is 2.46. The third kappa shape index (κ3) is 0.987. The Morgan fingerprint density at radius 3 is 2.33 bits per heavy atom. The maximum Gasteiger partial charge on any atom is 0.174 e. The molecule has 0 spiro atoms. The number of halogens is 1. The molecule has 0 aromatic rings. The lowest BCUT2D eigenvalue weighted by atomic mass is 10.1. The lowest BCUT2D eigenvalue weighted by molar-refractivity contribution is -0.119. The third-order valence-corrected chi connectivity index (χ3v) is 4.04. The van der Waals surface area contributed by atoms with Crippen LogP contribution in [0.2, 0.25) is 0 Å². The predicted molar refractivity (Wildman–Crippen MR) is 40.9 cm³/mol. The van der Waals surface area contributed by atoms with E-state index in [4.69, 9.17) is 11.6 Å². The molecular weight excluding hydrogens is 156 g/mol. The van der Waals surface area contributed by atoms with Gasteiger partial charge in [0.25, 0.3) is 0 Å². The fourth-order valence-electron chi connectivity index (χ4n) is 0.758. The van der Waals surface area contributed by atoms with Crippen molar-refractivity contribution in [3.05, 3.63) is 0 Å². The fraction of sp³-hybridized carbons (Fsp3) is 0.833. The van der Waals surface area contributed by atoms with E-state index < -0.39 is 4.21 Å². The van der Waals surface area contributed by atoms with Crippen LogP contribution < -0.4 is 0 Å². The SMILES string of the molecule is CC(C)C1(Cl)SCC1=O. The topological polar surface area (TPSA) is 17.1 Å². The number of thioether (sulfide) groups is 1. The van der Waals surface area contributed by atoms with Gasteiger partial charge in [0.05, 0.1) is 5.75 Å². The van der Waals surface area contributed by atoms with Crippen molar-refractivity contribution in [2.24, 2.45) is 5.92 Å². The Balaban J connectivity index is 2.64. The van der Waals surface area contributed by atoms with Gasteiger partial charge >= 0.3 is 0 Å². The Morgan fingerprint density at radius 1 is 1.78 bits per heavy atom. The summed E-state index contributed by atoms with van der Waals surface area (Å²) in [5, 5.41) is 0. The van der Waals surface area contributed by atoms with Crippen molar-refractivity contribution in [1.29, 1.82) is 0 Å². The van der Waals surface area contributed by atoms with E-state index in [1.54, 1.807) is 0 Å². The minimum atomic E-state index is -0.569. The first kappa shape index (κ1) is 7.42. The van der Waals surface area contributed by atoms with Gasteiger partial charge in [-0.2, -0.15) is 0 Å². The van der Waals surface area contributed by atoms with Gasteiger partial charge in [0.2, 0.25) is 0 Å². The van der Waals surface area contributed by atoms with Gasteiger partial charge < -0.3 is 0 Å². The highest BCUT2D eigenvalue weighted by molar-refractivity contribution is 8.06. The van der Waals surface area contributed by atoms with Crippen LogP contribution in [0.1, 0.15) is 13.8 Å². The normalized spacial score (nSPS) is 34.9. The molecule has 52 valence electrons. The minimum absolute atomic E-state index is 0.184. The molecule has 0 amide bonds. The zero-order valence-electron chi connectivity index (χ0n) is 5.48. The van der Waals surface area contributed by atoms with E-state index in [2.05, 4.69) is 0 Å². The molecule has 1 aliphatic rings. The molecule has 0 radical (unpaired) electrons. The predicted octanol–water partition coefficient (Wildman–Crippen LogP) is 1.89. The molecule has 0 aromatic carbocycles. The van der Waals surface area contributed by atoms with Crippen LogP contribution in [0.5, 0.6) is 0 Å². The van der Waals surface area contributed by atoms with Gasteiger partial charge in [-0.15, -0.1) is 11.8 Å². The summed E-state index contributed by atoms with van der Waals surface area (Å²) in [6.45, 7) is 3.94. The average Bonchev–Trinajstić information content (AvgIpc) is 1.82. The van der Waals surface area contributed by atoms with Crippen LogP contribution in [0.4, 0.5) is 0 Å². The Kier molecular flexibility index (Phi) is 1.79. The average molecular weight is 165 g/mol. The van der Waals surface area contributed by atoms with Crippen LogP contribution in [0.25, 0.3) is 0 Å². The zero-order valence-corrected chi connectivity index (χ0v) is 7.05. The van der Waals surface area contributed by atoms with Gasteiger partial charge in [-0.25, -0.2) is 0 Å². The summed E-state index contributed by atoms with van der Waals surface area (Å²) >= 11 is 7.45. The Labute approximate surface area is 64.1 Å². The summed E-state index contributed by atoms with van der Waals surface area (Å²) in [6, 6.07) is 0. The standard InChI is InChI=1S/C6H9ClOS/c1-4(2)6(7)5(8)3-9-6/h4H,3H2,1-2H3. The van der Waals surface area contributed by atoms with E-state index in [0.717, 1.165) is 0 Å². The first-order valence-corrected chi connectivity index (χ1v) is 4.30. The van der Waals surface area contributed by atoms with Crippen molar-refractivity contribution in [3.8, 4) is 0 Å². The molecule has 1 aliphatic heterocycles. The number of alkyl halides is 1. The van der Waals surface area contributed by atoms with Crippen molar-refractivity contribution >= 4 is 29.1 Å². The molecule has 1 heterocycles. The van der Waals surface area contributed by atoms with Crippen molar-refractivity contribution in [3.63, 3.8) is 0 Å². The van der Waals surface area contributed by atoms with Crippen LogP contribution in [0.3, 0.4) is 0 Å². The smallest absolute Gasteiger partial charge is 0.174 e. The van der Waals surface area contributed by atoms with Crippen molar-refractivity contribution in [1.82, 2.24) is 0 Å². The number of hydrogen-bond donors (Lipinski definition) is 0. The molecule has 0 aromatic heterocycles. The van der Waals surface area contributed by atoms with E-state index in [0.29, 0.717) is 5.75 Å². The molecule has 0 aliphatic carbocycles. The first-order valence-electron chi connectivity index (χ1n) is 2.93. The Hall–Kier alpha value is 0.310. The second kappa shape index (κ2) is 2.17. The van der Waals surface area contributed by atoms with Crippen LogP contribution >= 0.6 is 23.4 Å². The van der Waals surface area contributed by atoms with E-state index in [1.807, 2.05) is 13.8 Å². The summed E-state index contributed by atoms with van der Waals surface area (Å²) < 4.78 is -0.569. The molecule has 0 bridgehead atoms. The fourth-order valence-corrected chi connectivity index (χ4v) is 1.96. The molecule has 1 atom stereocenters. The van der Waals surface area contributed by atoms with Crippen molar-refractivity contribution in [2.45, 2.75) is 18.1 Å². The molecule has 1 nitrogen and oxygen atoms in total. The lowest BCUT2D eigenvalue weighted by Crippen LogP contribution is -2.45. The highest BCUT2D eigenvalue weighted by Gasteiger charge is 2.47. The number of carbonyl (C=O) groups excluding carboxylic acids is 1. The molecule has 3 heteroatoms. The van der Waals surface area contributed by atoms with Gasteiger partial charge in [-0.05, 0) is 5.92 Å². The van der Waals surface area contributed by atoms with Crippen LogP contribution in [-0.4, -0.2) is 15.7 Å². The van der Waals surface area contributed by atoms with Gasteiger partial charge in [0, 0.05) is 0 Å². The van der Waals surface area contributed by atoms with Gasteiger partial charge in [0.1, 0.15) is 0 Å². The number of rotatable bonds is 1. The summed E-state index contributed by atoms with van der Waals surface area (Å²) in [7, 11) is 0. The van der Waals surface area contributed by atoms with Crippen molar-refractivity contribution < 1.29 is 4.79 Å². The molecule has 0 N–H and O–H groups in total. The van der Waals surface area contributed by atoms with Crippen LogP contribution in [0, 0.1) is 5.92 Å². The molecule has 9 heavy (non-hydrogen) atoms. The Morgan fingerprint density at radius 2 is 2.33 bits per heavy atom. The van der Waals surface area contributed by atoms with E-state index in [9.17, 15) is 4.79 Å². The van der Waals surface area contributed by atoms with Gasteiger partial charge in [-0.3, -0.25) is 4.79 Å². The monoisotopic (exact) mass is 164 g/mol. The number of ketones is 1. The highest BCUT2D eigenvalue weighted by atomic mass is 35.5. The molecule has 1 saturated heterocycles. The van der Waals surface area contributed by atoms with Gasteiger partial charge in [0.15, 0.2) is 9.99 Å². The van der Waals surface area contributed by atoms with E-state index >= 15 is 0 Å². The second-order valence-corrected chi connectivity index (χ2v) is 4.55. The Bertz CT molecular complexity index is 146. The van der Waals surface area contributed by atoms with E-state index in [1.165, 1.54) is 11.8 Å². The first-order chi connectivity index (χ1) is 4.07. The largest absolute Gasteiger partial charge is 0.296 e. The van der Waals surface area contributed by atoms with Crippen molar-refractivity contribution in [2.75, 3.05) is 5.75 Å². The number of Topliss-reactive ketones (excluding diaryl/α,β-unsaturated/α-hetero) is 1. The minimum Gasteiger partial charge on any atom is -0.296 e. The zero-order chi connectivity index (χ0) is 7.07. The maximum atomic E-state index is 10.8. The summed E-state index contributed by atoms with van der Waals surface area (Å²) in [5.74, 6) is 1.04. The van der Waals surface area contributed by atoms with Crippen LogP contribution in [0.15, 0.2) is 0 Å². The quantitative estimate of drug-likeness (QED) is 0.551. The number of carbonyl (C=O) groups is 1. The second-order valence-electron chi connectivity index (χ2n) is 2.51. The molecule has 1 rings (SSSR count). The summed E-state index contributed by atoms with van der Waals surface area (Å²) in [5.41, 5.74) is 0. The molecular formula is C6H9ClOS. The molecule has 0 saturated carbocycles.